The summed E-state index contributed by atoms with van der Waals surface area (Å²) >= 11 is 0. The molecule has 3 aliphatic heterocycles. The summed E-state index contributed by atoms with van der Waals surface area (Å²) in [6.07, 6.45) is 10.5. The summed E-state index contributed by atoms with van der Waals surface area (Å²) in [5.74, 6) is 2.19. The molecule has 0 N–H and O–H groups in total. The number of aromatic nitrogens is 1. The van der Waals surface area contributed by atoms with Crippen LogP contribution in [0.2, 0.25) is 0 Å². The van der Waals surface area contributed by atoms with E-state index in [4.69, 9.17) is 19.2 Å². The molecule has 0 bridgehead atoms. The first kappa shape index (κ1) is 24.5. The van der Waals surface area contributed by atoms with Crippen molar-refractivity contribution >= 4 is 11.4 Å². The lowest BCUT2D eigenvalue weighted by atomic mass is 9.96. The summed E-state index contributed by atoms with van der Waals surface area (Å²) in [5, 5.41) is 0. The fourth-order valence-corrected chi connectivity index (χ4v) is 6.05. The topological polar surface area (TPSA) is 50.3 Å². The van der Waals surface area contributed by atoms with E-state index >= 15 is 0 Å². The zero-order chi connectivity index (χ0) is 25.0. The third-order valence-corrected chi connectivity index (χ3v) is 8.05. The van der Waals surface area contributed by atoms with Crippen LogP contribution in [-0.4, -0.2) is 87.1 Å². The van der Waals surface area contributed by atoms with Gasteiger partial charge in [-0.2, -0.15) is 0 Å². The van der Waals surface area contributed by atoms with Crippen LogP contribution in [0.5, 0.6) is 5.75 Å². The molecule has 0 spiro atoms. The van der Waals surface area contributed by atoms with Crippen LogP contribution in [0.15, 0.2) is 60.3 Å². The molecule has 4 aliphatic rings. The first-order valence-corrected chi connectivity index (χ1v) is 13.7. The van der Waals surface area contributed by atoms with Gasteiger partial charge in [-0.15, -0.1) is 0 Å². The van der Waals surface area contributed by atoms with Crippen LogP contribution < -0.4 is 9.64 Å². The Labute approximate surface area is 220 Å². The number of anilines is 1. The van der Waals surface area contributed by atoms with Gasteiger partial charge in [-0.25, -0.2) is 0 Å². The number of methoxy groups -OCH3 is 1. The molecule has 2 aromatic rings. The molecule has 2 unspecified atom stereocenters. The average Bonchev–Trinajstić information content (AvgIpc) is 3.11. The quantitative estimate of drug-likeness (QED) is 0.589. The maximum atomic E-state index is 6.37. The number of benzene rings is 1. The maximum absolute atomic E-state index is 6.37. The van der Waals surface area contributed by atoms with E-state index in [1.807, 2.05) is 18.3 Å². The van der Waals surface area contributed by atoms with Crippen molar-refractivity contribution in [3.63, 3.8) is 0 Å². The Kier molecular flexibility index (Phi) is 7.44. The third-order valence-electron chi connectivity index (χ3n) is 8.05. The fourth-order valence-electron chi connectivity index (χ4n) is 6.05. The Morgan fingerprint density at radius 1 is 1.00 bits per heavy atom. The average molecular weight is 503 g/mol. The minimum Gasteiger partial charge on any atom is -0.495 e. The molecule has 2 saturated heterocycles. The number of pyridine rings is 1. The van der Waals surface area contributed by atoms with Crippen LogP contribution >= 0.6 is 0 Å². The predicted octanol–water partition coefficient (Wildman–Crippen LogP) is 4.14. The van der Waals surface area contributed by atoms with Crippen molar-refractivity contribution in [2.45, 2.75) is 31.3 Å². The van der Waals surface area contributed by atoms with E-state index in [9.17, 15) is 0 Å². The van der Waals surface area contributed by atoms with Crippen molar-refractivity contribution in [2.75, 3.05) is 71.2 Å². The number of hydrogen-bond acceptors (Lipinski definition) is 7. The first-order valence-electron chi connectivity index (χ1n) is 13.7. The molecule has 2 atom stereocenters. The summed E-state index contributed by atoms with van der Waals surface area (Å²) in [6.45, 7) is 8.31. The molecule has 7 heteroatoms. The third kappa shape index (κ3) is 5.40. The van der Waals surface area contributed by atoms with Crippen LogP contribution in [0.4, 0.5) is 5.69 Å². The normalized spacial score (nSPS) is 24.7. The Morgan fingerprint density at radius 2 is 1.89 bits per heavy atom. The number of fused-ring (bicyclic) bond motifs is 2. The van der Waals surface area contributed by atoms with E-state index in [2.05, 4.69) is 51.1 Å². The van der Waals surface area contributed by atoms with Crippen LogP contribution in [-0.2, 0) is 9.47 Å². The molecule has 0 saturated carbocycles. The van der Waals surface area contributed by atoms with E-state index in [1.165, 1.54) is 29.7 Å². The van der Waals surface area contributed by atoms with Crippen molar-refractivity contribution < 1.29 is 14.2 Å². The second kappa shape index (κ2) is 11.3. The number of ether oxygens (including phenoxy) is 3. The Bertz CT molecular complexity index is 1140. The summed E-state index contributed by atoms with van der Waals surface area (Å²) in [7, 11) is 1.75. The van der Waals surface area contributed by atoms with E-state index in [0.29, 0.717) is 12.8 Å². The molecule has 0 amide bonds. The van der Waals surface area contributed by atoms with Gasteiger partial charge < -0.3 is 19.1 Å². The lowest BCUT2D eigenvalue weighted by molar-refractivity contribution is -0.0229. The number of para-hydroxylation sites is 2. The van der Waals surface area contributed by atoms with Crippen LogP contribution in [0, 0.1) is 0 Å². The van der Waals surface area contributed by atoms with Gasteiger partial charge in [-0.3, -0.25) is 14.8 Å². The van der Waals surface area contributed by atoms with E-state index in [-0.39, 0.29) is 5.92 Å². The summed E-state index contributed by atoms with van der Waals surface area (Å²) in [4.78, 5) is 12.2. The Balaban J connectivity index is 1.13. The van der Waals surface area contributed by atoms with Crippen LogP contribution in [0.1, 0.15) is 36.4 Å². The number of nitrogens with zero attached hydrogens (tertiary/aromatic N) is 4. The van der Waals surface area contributed by atoms with Gasteiger partial charge in [-0.05, 0) is 43.0 Å². The minimum absolute atomic E-state index is 0.283. The Morgan fingerprint density at radius 3 is 2.73 bits per heavy atom. The van der Waals surface area contributed by atoms with E-state index in [1.54, 1.807) is 7.11 Å². The van der Waals surface area contributed by atoms with Crippen molar-refractivity contribution in [3.8, 4) is 5.75 Å². The zero-order valence-electron chi connectivity index (χ0n) is 21.8. The van der Waals surface area contributed by atoms with Gasteiger partial charge in [-0.1, -0.05) is 30.4 Å². The molecule has 2 fully saturated rings. The lowest BCUT2D eigenvalue weighted by Crippen LogP contribution is -2.47. The molecule has 7 nitrogen and oxygen atoms in total. The SMILES string of the molecule is COc1ccccc1N1CCN(CC2C=CC3=C(OCN(CC4CCCCO4)C3)c3ncccc32)CC1. The lowest BCUT2D eigenvalue weighted by Gasteiger charge is -2.37. The largest absolute Gasteiger partial charge is 0.495 e. The molecule has 0 radical (unpaired) electrons. The van der Waals surface area contributed by atoms with Gasteiger partial charge in [0.2, 0.25) is 0 Å². The molecular weight excluding hydrogens is 464 g/mol. The summed E-state index contributed by atoms with van der Waals surface area (Å²) < 4.78 is 18.0. The number of hydrogen-bond donors (Lipinski definition) is 0. The molecule has 6 rings (SSSR count). The zero-order valence-corrected chi connectivity index (χ0v) is 21.8. The van der Waals surface area contributed by atoms with E-state index in [0.717, 1.165) is 76.0 Å². The first-order chi connectivity index (χ1) is 18.3. The second-order valence-electron chi connectivity index (χ2n) is 10.5. The van der Waals surface area contributed by atoms with Gasteiger partial charge >= 0.3 is 0 Å². The molecule has 1 aromatic heterocycles. The maximum Gasteiger partial charge on any atom is 0.151 e. The van der Waals surface area contributed by atoms with Crippen LogP contribution in [0.25, 0.3) is 5.76 Å². The molecule has 196 valence electrons. The highest BCUT2D eigenvalue weighted by Crippen LogP contribution is 2.36. The molecule has 37 heavy (non-hydrogen) atoms. The predicted molar refractivity (Wildman–Crippen MR) is 146 cm³/mol. The number of rotatable bonds is 6. The molecular formula is C30H38N4O3. The molecule has 1 aliphatic carbocycles. The number of piperazine rings is 1. The van der Waals surface area contributed by atoms with Crippen LogP contribution in [0.3, 0.4) is 0 Å². The monoisotopic (exact) mass is 502 g/mol. The van der Waals surface area contributed by atoms with Crippen molar-refractivity contribution in [1.29, 1.82) is 0 Å². The van der Waals surface area contributed by atoms with Gasteiger partial charge in [0.15, 0.2) is 5.76 Å². The fraction of sp³-hybridized carbons (Fsp3) is 0.500. The van der Waals surface area contributed by atoms with Gasteiger partial charge in [0.25, 0.3) is 0 Å². The molecule has 4 heterocycles. The van der Waals surface area contributed by atoms with Gasteiger partial charge in [0.1, 0.15) is 18.2 Å². The summed E-state index contributed by atoms with van der Waals surface area (Å²) in [5.41, 5.74) is 4.69. The second-order valence-corrected chi connectivity index (χ2v) is 10.5. The Hall–Kier alpha value is -2.87. The minimum atomic E-state index is 0.283. The van der Waals surface area contributed by atoms with Gasteiger partial charge in [0.05, 0.1) is 18.9 Å². The smallest absolute Gasteiger partial charge is 0.151 e. The van der Waals surface area contributed by atoms with Crippen molar-refractivity contribution in [2.24, 2.45) is 0 Å². The van der Waals surface area contributed by atoms with Crippen molar-refractivity contribution in [1.82, 2.24) is 14.8 Å². The van der Waals surface area contributed by atoms with Crippen molar-refractivity contribution in [3.05, 3.63) is 71.6 Å². The highest BCUT2D eigenvalue weighted by Gasteiger charge is 2.30. The highest BCUT2D eigenvalue weighted by molar-refractivity contribution is 5.69. The van der Waals surface area contributed by atoms with Gasteiger partial charge in [0, 0.05) is 70.1 Å². The standard InChI is InChI=1S/C30H38N4O3/c1-35-28-10-3-2-9-27(28)34-16-14-32(15-17-34)19-23-11-12-24-20-33(21-25-7-4-5-18-36-25)22-37-30(24)29-26(23)8-6-13-31-29/h2-3,6,8-13,23,25H,4-5,7,14-22H2,1H3. The highest BCUT2D eigenvalue weighted by atomic mass is 16.5. The summed E-state index contributed by atoms with van der Waals surface area (Å²) in [6, 6.07) is 12.6. The molecule has 1 aromatic carbocycles. The van der Waals surface area contributed by atoms with E-state index < -0.39 is 0 Å².